The lowest BCUT2D eigenvalue weighted by atomic mass is 10.1. The van der Waals surface area contributed by atoms with Gasteiger partial charge in [-0.05, 0) is 42.8 Å². The number of nitrogens with zero attached hydrogens (tertiary/aromatic N) is 2. The van der Waals surface area contributed by atoms with Crippen molar-refractivity contribution in [1.29, 1.82) is 0 Å². The van der Waals surface area contributed by atoms with Gasteiger partial charge in [0.1, 0.15) is 0 Å². The summed E-state index contributed by atoms with van der Waals surface area (Å²) in [4.78, 5) is 20.8. The number of nitro benzene ring substituents is 2. The molecule has 0 fully saturated rings. The Hall–Kier alpha value is -4.06. The molecular formula is C22H17ClF3N3O6. The standard InChI is InChI=1S/C22H17ClF3N3O6/c1-2-34-20-9-13(12-27-15-4-3-5-16(11-15)28(30)31)8-17(23)21(20)35-19-7-6-14(22(24,25)26)10-18(19)29(32)33/h3-11,27H,2,12H2,1H3. The molecule has 0 atom stereocenters. The maximum absolute atomic E-state index is 13.0. The summed E-state index contributed by atoms with van der Waals surface area (Å²) >= 11 is 6.33. The van der Waals surface area contributed by atoms with Crippen LogP contribution in [0.3, 0.4) is 0 Å². The van der Waals surface area contributed by atoms with Crippen molar-refractivity contribution in [3.63, 3.8) is 0 Å². The Balaban J connectivity index is 1.91. The number of anilines is 1. The van der Waals surface area contributed by atoms with E-state index in [1.807, 2.05) is 0 Å². The summed E-state index contributed by atoms with van der Waals surface area (Å²) < 4.78 is 50.0. The van der Waals surface area contributed by atoms with Crippen LogP contribution >= 0.6 is 11.6 Å². The van der Waals surface area contributed by atoms with Gasteiger partial charge in [-0.2, -0.15) is 13.2 Å². The Bertz CT molecular complexity index is 1270. The average molecular weight is 512 g/mol. The van der Waals surface area contributed by atoms with Gasteiger partial charge in [0.2, 0.25) is 5.75 Å². The lowest BCUT2D eigenvalue weighted by molar-refractivity contribution is -0.385. The Kier molecular flexibility index (Phi) is 7.65. The monoisotopic (exact) mass is 511 g/mol. The van der Waals surface area contributed by atoms with Gasteiger partial charge in [-0.3, -0.25) is 20.2 Å². The Morgan fingerprint density at radius 1 is 1.00 bits per heavy atom. The van der Waals surface area contributed by atoms with Gasteiger partial charge < -0.3 is 14.8 Å². The molecule has 0 saturated carbocycles. The molecule has 35 heavy (non-hydrogen) atoms. The largest absolute Gasteiger partial charge is 0.490 e. The van der Waals surface area contributed by atoms with E-state index in [1.54, 1.807) is 13.0 Å². The van der Waals surface area contributed by atoms with E-state index >= 15 is 0 Å². The van der Waals surface area contributed by atoms with Crippen LogP contribution in [0.5, 0.6) is 17.2 Å². The zero-order valence-electron chi connectivity index (χ0n) is 18.0. The molecule has 3 aromatic carbocycles. The predicted molar refractivity (Wildman–Crippen MR) is 121 cm³/mol. The highest BCUT2D eigenvalue weighted by Crippen LogP contribution is 2.43. The first kappa shape index (κ1) is 25.6. The van der Waals surface area contributed by atoms with Crippen molar-refractivity contribution in [1.82, 2.24) is 0 Å². The van der Waals surface area contributed by atoms with E-state index in [4.69, 9.17) is 21.1 Å². The van der Waals surface area contributed by atoms with E-state index in [0.29, 0.717) is 23.4 Å². The third-order valence-corrected chi connectivity index (χ3v) is 4.90. The van der Waals surface area contributed by atoms with Gasteiger partial charge in [0.25, 0.3) is 5.69 Å². The SMILES string of the molecule is CCOc1cc(CNc2cccc([N+](=O)[O-])c2)cc(Cl)c1Oc1ccc(C(F)(F)F)cc1[N+](=O)[O-]. The fourth-order valence-electron chi connectivity index (χ4n) is 3.05. The van der Waals surface area contributed by atoms with Crippen LogP contribution in [0.25, 0.3) is 0 Å². The number of benzene rings is 3. The average Bonchev–Trinajstić information content (AvgIpc) is 2.79. The van der Waals surface area contributed by atoms with Crippen molar-refractivity contribution in [2.24, 2.45) is 0 Å². The first-order valence-electron chi connectivity index (χ1n) is 9.96. The minimum absolute atomic E-state index is 0.0130. The summed E-state index contributed by atoms with van der Waals surface area (Å²) in [5.74, 6) is -0.464. The summed E-state index contributed by atoms with van der Waals surface area (Å²) in [7, 11) is 0. The number of hydrogen-bond donors (Lipinski definition) is 1. The number of nitrogens with one attached hydrogen (secondary N) is 1. The van der Waals surface area contributed by atoms with Crippen LogP contribution in [0, 0.1) is 20.2 Å². The molecule has 0 aliphatic carbocycles. The highest BCUT2D eigenvalue weighted by atomic mass is 35.5. The number of non-ortho nitro benzene ring substituents is 1. The molecule has 0 aliphatic rings. The fraction of sp³-hybridized carbons (Fsp3) is 0.182. The smallest absolute Gasteiger partial charge is 0.416 e. The van der Waals surface area contributed by atoms with Crippen LogP contribution < -0.4 is 14.8 Å². The van der Waals surface area contributed by atoms with Gasteiger partial charge in [-0.1, -0.05) is 17.7 Å². The van der Waals surface area contributed by atoms with E-state index in [-0.39, 0.29) is 35.4 Å². The van der Waals surface area contributed by atoms with Crippen LogP contribution in [-0.4, -0.2) is 16.5 Å². The molecule has 0 aromatic heterocycles. The predicted octanol–water partition coefficient (Wildman–Crippen LogP) is 6.98. The summed E-state index contributed by atoms with van der Waals surface area (Å²) in [6.45, 7) is 2.03. The summed E-state index contributed by atoms with van der Waals surface area (Å²) in [5.41, 5.74) is -1.12. The number of nitro groups is 2. The molecule has 0 spiro atoms. The summed E-state index contributed by atoms with van der Waals surface area (Å²) in [5, 5.41) is 25.3. The van der Waals surface area contributed by atoms with E-state index in [1.165, 1.54) is 30.3 Å². The maximum Gasteiger partial charge on any atom is 0.416 e. The highest BCUT2D eigenvalue weighted by molar-refractivity contribution is 6.32. The van der Waals surface area contributed by atoms with Crippen LogP contribution in [0.4, 0.5) is 30.2 Å². The third kappa shape index (κ3) is 6.29. The molecule has 0 aliphatic heterocycles. The van der Waals surface area contributed by atoms with Crippen molar-refractivity contribution < 1.29 is 32.5 Å². The lowest BCUT2D eigenvalue weighted by Gasteiger charge is -2.16. The molecule has 3 rings (SSSR count). The van der Waals surface area contributed by atoms with Gasteiger partial charge in [0.05, 0.1) is 27.0 Å². The molecule has 1 N–H and O–H groups in total. The second kappa shape index (κ2) is 10.5. The molecule has 13 heteroatoms. The van der Waals surface area contributed by atoms with Crippen LogP contribution in [0.1, 0.15) is 18.1 Å². The minimum Gasteiger partial charge on any atom is -0.490 e. The second-order valence-corrected chi connectivity index (χ2v) is 7.45. The summed E-state index contributed by atoms with van der Waals surface area (Å²) in [6, 6.07) is 10.7. The number of alkyl halides is 3. The van der Waals surface area contributed by atoms with Crippen molar-refractivity contribution in [3.8, 4) is 17.2 Å². The molecule has 3 aromatic rings. The lowest BCUT2D eigenvalue weighted by Crippen LogP contribution is -2.06. The molecule has 0 radical (unpaired) electrons. The summed E-state index contributed by atoms with van der Waals surface area (Å²) in [6.07, 6.45) is -4.77. The zero-order valence-corrected chi connectivity index (χ0v) is 18.7. The Morgan fingerprint density at radius 3 is 2.37 bits per heavy atom. The van der Waals surface area contributed by atoms with Gasteiger partial charge in [0.15, 0.2) is 11.5 Å². The number of hydrogen-bond acceptors (Lipinski definition) is 7. The van der Waals surface area contributed by atoms with E-state index in [9.17, 15) is 33.4 Å². The van der Waals surface area contributed by atoms with Crippen molar-refractivity contribution in [2.45, 2.75) is 19.6 Å². The Morgan fingerprint density at radius 2 is 1.74 bits per heavy atom. The normalized spacial score (nSPS) is 11.1. The number of rotatable bonds is 9. The quantitative estimate of drug-likeness (QED) is 0.243. The van der Waals surface area contributed by atoms with Crippen LogP contribution in [-0.2, 0) is 12.7 Å². The first-order valence-corrected chi connectivity index (χ1v) is 10.3. The molecule has 0 saturated heterocycles. The van der Waals surface area contributed by atoms with Gasteiger partial charge >= 0.3 is 11.9 Å². The Labute approximate surface area is 201 Å². The van der Waals surface area contributed by atoms with E-state index in [2.05, 4.69) is 5.32 Å². The molecule has 9 nitrogen and oxygen atoms in total. The number of ether oxygens (including phenoxy) is 2. The van der Waals surface area contributed by atoms with Crippen molar-refractivity contribution in [2.75, 3.05) is 11.9 Å². The van der Waals surface area contributed by atoms with Gasteiger partial charge in [0, 0.05) is 30.4 Å². The van der Waals surface area contributed by atoms with Gasteiger partial charge in [-0.25, -0.2) is 0 Å². The number of halogens is 4. The van der Waals surface area contributed by atoms with Crippen LogP contribution in [0.2, 0.25) is 5.02 Å². The van der Waals surface area contributed by atoms with Crippen LogP contribution in [0.15, 0.2) is 54.6 Å². The molecule has 0 bridgehead atoms. The highest BCUT2D eigenvalue weighted by Gasteiger charge is 2.33. The first-order chi connectivity index (χ1) is 16.5. The zero-order chi connectivity index (χ0) is 25.8. The van der Waals surface area contributed by atoms with Gasteiger partial charge in [-0.15, -0.1) is 0 Å². The molecule has 0 heterocycles. The van der Waals surface area contributed by atoms with Crippen molar-refractivity contribution >= 4 is 28.7 Å². The third-order valence-electron chi connectivity index (χ3n) is 4.62. The van der Waals surface area contributed by atoms with E-state index in [0.717, 1.165) is 6.07 Å². The second-order valence-electron chi connectivity index (χ2n) is 7.04. The molecule has 0 amide bonds. The molecule has 0 unspecified atom stereocenters. The van der Waals surface area contributed by atoms with E-state index < -0.39 is 33.0 Å². The maximum atomic E-state index is 13.0. The molecule has 184 valence electrons. The topological polar surface area (TPSA) is 117 Å². The van der Waals surface area contributed by atoms with Crippen molar-refractivity contribution in [3.05, 3.63) is 91.0 Å². The minimum atomic E-state index is -4.77. The molecular weight excluding hydrogens is 495 g/mol. The fourth-order valence-corrected chi connectivity index (χ4v) is 3.32.